The fraction of sp³-hybridized carbons (Fsp3) is 0.809. The lowest BCUT2D eigenvalue weighted by molar-refractivity contribution is -0.174. The van der Waals surface area contributed by atoms with Gasteiger partial charge in [-0.3, -0.25) is 24.0 Å². The molecule has 10 heteroatoms. The number of rotatable bonds is 22. The summed E-state index contributed by atoms with van der Waals surface area (Å²) >= 11 is 0. The molecule has 0 aromatic heterocycles. The highest BCUT2D eigenvalue weighted by Gasteiger charge is 2.60. The summed E-state index contributed by atoms with van der Waals surface area (Å²) < 4.78 is 27.9. The smallest absolute Gasteiger partial charge is 0.309 e. The molecule has 0 N–H and O–H groups in total. The third-order valence-electron chi connectivity index (χ3n) is 14.3. The van der Waals surface area contributed by atoms with Gasteiger partial charge in [-0.2, -0.15) is 0 Å². The van der Waals surface area contributed by atoms with Gasteiger partial charge >= 0.3 is 23.9 Å². The van der Waals surface area contributed by atoms with Gasteiger partial charge < -0.3 is 23.7 Å². The van der Waals surface area contributed by atoms with E-state index < -0.39 is 24.0 Å². The number of ether oxygens (including phenoxy) is 5. The van der Waals surface area contributed by atoms with Gasteiger partial charge in [0.05, 0.1) is 18.9 Å². The van der Waals surface area contributed by atoms with Crippen molar-refractivity contribution in [2.24, 2.45) is 52.3 Å². The lowest BCUT2D eigenvalue weighted by atomic mass is 9.44. The maximum Gasteiger partial charge on any atom is 0.309 e. The van der Waals surface area contributed by atoms with Gasteiger partial charge in [-0.1, -0.05) is 65.8 Å². The molecule has 4 saturated carbocycles. The lowest BCUT2D eigenvalue weighted by Crippen LogP contribution is -2.54. The molecule has 2 unspecified atom stereocenters. The summed E-state index contributed by atoms with van der Waals surface area (Å²) in [5.74, 6) is 1.83. The Kier molecular flexibility index (Phi) is 18.3. The third kappa shape index (κ3) is 13.2. The third-order valence-corrected chi connectivity index (χ3v) is 14.3. The van der Waals surface area contributed by atoms with Gasteiger partial charge in [0.1, 0.15) is 19.0 Å². The van der Waals surface area contributed by atoms with Gasteiger partial charge in [0.25, 0.3) is 0 Å². The van der Waals surface area contributed by atoms with Gasteiger partial charge in [-0.15, -0.1) is 0 Å². The summed E-state index contributed by atoms with van der Waals surface area (Å²) in [7, 11) is 0. The zero-order chi connectivity index (χ0) is 41.6. The zero-order valence-electron chi connectivity index (χ0n) is 36.2. The van der Waals surface area contributed by atoms with Gasteiger partial charge in [0, 0.05) is 18.8 Å². The van der Waals surface area contributed by atoms with Crippen LogP contribution in [0, 0.1) is 52.3 Å². The van der Waals surface area contributed by atoms with Gasteiger partial charge in [-0.25, -0.2) is 0 Å². The number of Topliss-reactive ketones (excluding diaryl/α,β-unsaturated/α-hetero) is 1. The molecule has 0 spiro atoms. The number of hydrogen-bond donors (Lipinski definition) is 0. The number of carbonyl (C=O) groups excluding carboxylic acids is 5. The monoisotopic (exact) mass is 799 g/mol. The highest BCUT2D eigenvalue weighted by Crippen LogP contribution is 2.67. The number of allylic oxidation sites excluding steroid dienone is 2. The SMILES string of the molecule is CC/C=C\CC(=O)OCC(COC(=O)C/C=C\CC)OC(=O)CC(C)CCC(C)CC(=O)OCO[C@H]1CC[C@@]2(C)[C@@H](CC[C@@H]3[C@@H]2CC[C@]2(C)[C@@H](C(C)=O)CC[C@@H]32)C1. The van der Waals surface area contributed by atoms with Crippen molar-refractivity contribution in [1.29, 1.82) is 0 Å². The standard InChI is InChI=1S/C47H74O10/c1-8-10-12-14-42(49)53-29-37(30-54-43(50)15-13-11-9-2)57-45(52)27-33(4)17-16-32(3)26-44(51)56-31-55-36-22-24-46(6)35(28-36)18-19-38-40-21-20-39(34(5)48)47(40,7)25-23-41(38)46/h10-13,32-33,35-41H,8-9,14-31H2,1-7H3/b12-10-,13-11-/t32?,33?,35-,36-,38-,39+,40-,41-,46-,47+/m0/s1. The minimum Gasteiger partial charge on any atom is -0.461 e. The fourth-order valence-electron chi connectivity index (χ4n) is 11.2. The Hall–Kier alpha value is -3.01. The maximum atomic E-state index is 12.9. The zero-order valence-corrected chi connectivity index (χ0v) is 36.2. The summed E-state index contributed by atoms with van der Waals surface area (Å²) in [6.45, 7) is 14.2. The van der Waals surface area contributed by atoms with Crippen LogP contribution in [0.15, 0.2) is 24.3 Å². The Morgan fingerprint density at radius 3 is 1.84 bits per heavy atom. The number of hydrogen-bond acceptors (Lipinski definition) is 10. The van der Waals surface area contributed by atoms with E-state index in [1.807, 2.05) is 39.8 Å². The van der Waals surface area contributed by atoms with Crippen LogP contribution in [-0.2, 0) is 47.7 Å². The van der Waals surface area contributed by atoms with Crippen LogP contribution in [0.5, 0.6) is 0 Å². The van der Waals surface area contributed by atoms with Crippen molar-refractivity contribution >= 4 is 29.7 Å². The van der Waals surface area contributed by atoms with Gasteiger partial charge in [0.2, 0.25) is 0 Å². The highest BCUT2D eigenvalue weighted by molar-refractivity contribution is 5.79. The van der Waals surface area contributed by atoms with E-state index in [-0.39, 0.29) is 80.9 Å². The Labute approximate surface area is 342 Å². The van der Waals surface area contributed by atoms with Crippen LogP contribution in [-0.4, -0.2) is 61.9 Å². The summed E-state index contributed by atoms with van der Waals surface area (Å²) in [4.78, 5) is 62.4. The minimum atomic E-state index is -0.907. The van der Waals surface area contributed by atoms with Gasteiger partial charge in [0.15, 0.2) is 12.9 Å². The average molecular weight is 799 g/mol. The molecule has 0 heterocycles. The summed E-state index contributed by atoms with van der Waals surface area (Å²) in [6.07, 6.45) is 20.5. The summed E-state index contributed by atoms with van der Waals surface area (Å²) in [5.41, 5.74) is 0.506. The van der Waals surface area contributed by atoms with E-state index in [4.69, 9.17) is 23.7 Å². The molecule has 10 atom stereocenters. The molecule has 0 aromatic rings. The van der Waals surface area contributed by atoms with Crippen LogP contribution in [0.25, 0.3) is 0 Å². The van der Waals surface area contributed by atoms with E-state index in [9.17, 15) is 24.0 Å². The first-order chi connectivity index (χ1) is 27.2. The molecule has 4 aliphatic rings. The number of esters is 4. The Morgan fingerprint density at radius 2 is 1.25 bits per heavy atom. The largest absolute Gasteiger partial charge is 0.461 e. The first-order valence-electron chi connectivity index (χ1n) is 22.3. The van der Waals surface area contributed by atoms with Gasteiger partial charge in [-0.05, 0) is 137 Å². The van der Waals surface area contributed by atoms with Crippen LogP contribution in [0.3, 0.4) is 0 Å². The molecule has 4 fully saturated rings. The van der Waals surface area contributed by atoms with E-state index in [1.54, 1.807) is 19.1 Å². The lowest BCUT2D eigenvalue weighted by Gasteiger charge is -2.61. The quantitative estimate of drug-likeness (QED) is 0.0452. The molecule has 0 amide bonds. The molecular weight excluding hydrogens is 725 g/mol. The Balaban J connectivity index is 1.13. The van der Waals surface area contributed by atoms with Crippen molar-refractivity contribution in [2.45, 2.75) is 170 Å². The van der Waals surface area contributed by atoms with Crippen molar-refractivity contribution in [1.82, 2.24) is 0 Å². The number of ketones is 1. The van der Waals surface area contributed by atoms with E-state index >= 15 is 0 Å². The van der Waals surface area contributed by atoms with Crippen molar-refractivity contribution in [2.75, 3.05) is 20.0 Å². The highest BCUT2D eigenvalue weighted by atomic mass is 16.7. The first-order valence-corrected chi connectivity index (χ1v) is 22.3. The molecule has 4 aliphatic carbocycles. The van der Waals surface area contributed by atoms with Crippen molar-refractivity contribution in [3.05, 3.63) is 24.3 Å². The maximum absolute atomic E-state index is 12.9. The van der Waals surface area contributed by atoms with Crippen LogP contribution in [0.1, 0.15) is 158 Å². The molecular formula is C47H74O10. The molecule has 0 saturated heterocycles. The normalized spacial score (nSPS) is 30.6. The van der Waals surface area contributed by atoms with E-state index in [2.05, 4.69) is 13.8 Å². The van der Waals surface area contributed by atoms with E-state index in [0.29, 0.717) is 29.5 Å². The fourth-order valence-corrected chi connectivity index (χ4v) is 11.2. The minimum absolute atomic E-state index is 0.00998. The summed E-state index contributed by atoms with van der Waals surface area (Å²) in [6, 6.07) is 0. The van der Waals surface area contributed by atoms with Crippen LogP contribution in [0.4, 0.5) is 0 Å². The van der Waals surface area contributed by atoms with Crippen LogP contribution >= 0.6 is 0 Å². The first kappa shape index (κ1) is 46.7. The molecule has 0 bridgehead atoms. The Bertz CT molecular complexity index is 1370. The average Bonchev–Trinajstić information content (AvgIpc) is 3.53. The molecule has 0 aromatic carbocycles. The number of fused-ring (bicyclic) bond motifs is 5. The second-order valence-electron chi connectivity index (χ2n) is 18.5. The number of carbonyl (C=O) groups is 5. The predicted octanol–water partition coefficient (Wildman–Crippen LogP) is 9.66. The second-order valence-corrected chi connectivity index (χ2v) is 18.5. The molecule has 10 nitrogen and oxygen atoms in total. The predicted molar refractivity (Wildman–Crippen MR) is 218 cm³/mol. The Morgan fingerprint density at radius 1 is 0.667 bits per heavy atom. The molecule has 322 valence electrons. The van der Waals surface area contributed by atoms with Crippen molar-refractivity contribution in [3.63, 3.8) is 0 Å². The summed E-state index contributed by atoms with van der Waals surface area (Å²) in [5, 5.41) is 0. The van der Waals surface area contributed by atoms with E-state index in [1.165, 1.54) is 32.1 Å². The molecule has 57 heavy (non-hydrogen) atoms. The molecule has 0 radical (unpaired) electrons. The molecule has 0 aliphatic heterocycles. The topological polar surface area (TPSA) is 132 Å². The van der Waals surface area contributed by atoms with Crippen molar-refractivity contribution in [3.8, 4) is 0 Å². The van der Waals surface area contributed by atoms with Crippen LogP contribution < -0.4 is 0 Å². The van der Waals surface area contributed by atoms with Crippen molar-refractivity contribution < 1.29 is 47.7 Å². The van der Waals surface area contributed by atoms with Crippen LogP contribution in [0.2, 0.25) is 0 Å². The second kappa shape index (κ2) is 22.4. The van der Waals surface area contributed by atoms with E-state index in [0.717, 1.165) is 56.8 Å². The molecule has 4 rings (SSSR count).